The van der Waals surface area contributed by atoms with E-state index < -0.39 is 174 Å². The molecule has 4 heterocycles. The van der Waals surface area contributed by atoms with Gasteiger partial charge in [0.25, 0.3) is 0 Å². The van der Waals surface area contributed by atoms with Gasteiger partial charge in [0.15, 0.2) is 25.2 Å². The van der Waals surface area contributed by atoms with Crippen LogP contribution < -0.4 is 10.6 Å². The van der Waals surface area contributed by atoms with Gasteiger partial charge in [-0.05, 0) is 19.3 Å². The maximum absolute atomic E-state index is 13.4. The van der Waals surface area contributed by atoms with Crippen LogP contribution in [0.5, 0.6) is 0 Å². The third-order valence-corrected chi connectivity index (χ3v) is 17.6. The number of ether oxygens (including phenoxy) is 8. The van der Waals surface area contributed by atoms with E-state index in [2.05, 4.69) is 24.5 Å². The Bertz CT molecular complexity index is 1860. The Kier molecular flexibility index (Phi) is 40.3. The molecule has 0 radical (unpaired) electrons. The summed E-state index contributed by atoms with van der Waals surface area (Å²) in [4.78, 5) is 26.1. The van der Waals surface area contributed by atoms with Gasteiger partial charge in [-0.2, -0.15) is 0 Å². The Labute approximate surface area is 528 Å². The largest absolute Gasteiger partial charge is 0.394 e. The van der Waals surface area contributed by atoms with Crippen molar-refractivity contribution in [2.45, 2.75) is 348 Å². The van der Waals surface area contributed by atoms with Gasteiger partial charge in [-0.15, -0.1) is 0 Å². The summed E-state index contributed by atoms with van der Waals surface area (Å²) in [6, 6.07) is -2.67. The Hall–Kier alpha value is -2.16. The van der Waals surface area contributed by atoms with E-state index in [1.807, 2.05) is 6.08 Å². The molecule has 0 spiro atoms. The van der Waals surface area contributed by atoms with Crippen molar-refractivity contribution in [2.24, 2.45) is 0 Å². The summed E-state index contributed by atoms with van der Waals surface area (Å²) in [6.45, 7) is 1.56. The molecule has 0 aromatic rings. The number of amides is 2. The zero-order valence-corrected chi connectivity index (χ0v) is 53.5. The molecule has 89 heavy (non-hydrogen) atoms. The molecule has 4 rings (SSSR count). The number of hydrogen-bond donors (Lipinski definition) is 15. The second-order valence-corrected chi connectivity index (χ2v) is 25.0. The van der Waals surface area contributed by atoms with Gasteiger partial charge in [-0.3, -0.25) is 9.59 Å². The average Bonchev–Trinajstić information content (AvgIpc) is 1.36. The Morgan fingerprint density at radius 2 is 0.831 bits per heavy atom. The lowest BCUT2D eigenvalue weighted by Gasteiger charge is -2.50. The van der Waals surface area contributed by atoms with E-state index in [9.17, 15) is 76.0 Å². The van der Waals surface area contributed by atoms with Crippen molar-refractivity contribution in [3.63, 3.8) is 0 Å². The standard InChI is InChI=1S/C64H118N2O23/c1-4-6-8-10-12-14-16-18-19-20-21-23-25-27-29-31-33-35-48(73)66-42(43(72)34-32-30-28-26-24-22-17-15-13-11-9-7-5-2)40-82-62-56(80)54(78)58(47(39-70)86-62)87-64-57(81)60(52(76)46(38-69)85-64)89-61-49(65-41(3)71)59(51(75)45(37-68)83-61)88-63-55(79)53(77)50(74)44(36-67)84-63/h32,34,42-47,49-64,67-70,72,74-81H,4-31,33,35-40H2,1-3H3,(H,65,71)(H,66,73)/b34-32+/t42-,43+,44?,45?,46?,47?,49?,50-,51+,52-,53-,54+,55?,56?,57?,58+,59+,60-,61-,62+,63-,64-/m0/s1. The van der Waals surface area contributed by atoms with E-state index in [0.717, 1.165) is 51.9 Å². The van der Waals surface area contributed by atoms with E-state index >= 15 is 0 Å². The Balaban J connectivity index is 1.37. The second kappa shape index (κ2) is 45.3. The molecule has 25 nitrogen and oxygen atoms in total. The van der Waals surface area contributed by atoms with Crippen LogP contribution in [0.25, 0.3) is 0 Å². The first-order valence-corrected chi connectivity index (χ1v) is 33.9. The first-order chi connectivity index (χ1) is 43.0. The predicted molar refractivity (Wildman–Crippen MR) is 326 cm³/mol. The number of carbonyl (C=O) groups is 2. The zero-order valence-electron chi connectivity index (χ0n) is 53.5. The summed E-state index contributed by atoms with van der Waals surface area (Å²) in [5, 5.41) is 147. The monoisotopic (exact) mass is 1280 g/mol. The van der Waals surface area contributed by atoms with E-state index in [1.165, 1.54) is 128 Å². The minimum Gasteiger partial charge on any atom is -0.394 e. The van der Waals surface area contributed by atoms with Gasteiger partial charge in [0.05, 0.1) is 45.2 Å². The van der Waals surface area contributed by atoms with Crippen LogP contribution >= 0.6 is 0 Å². The summed E-state index contributed by atoms with van der Waals surface area (Å²) in [5.74, 6) is -1.08. The topological polar surface area (TPSA) is 395 Å². The molecule has 0 bridgehead atoms. The number of aliphatic hydroxyl groups is 13. The van der Waals surface area contributed by atoms with Crippen LogP contribution in [0.15, 0.2) is 12.2 Å². The van der Waals surface area contributed by atoms with Crippen LogP contribution in [0.3, 0.4) is 0 Å². The van der Waals surface area contributed by atoms with Crippen molar-refractivity contribution >= 4 is 11.8 Å². The SMILES string of the molecule is CCCCCCCCCCCCC/C=C/[C@@H](O)[C@H](CO[C@@H]1OC(CO)[C@@H](O[C@@H]2OC(CO)[C@H](O)[C@H](O[C@@H]3OC(CO)[C@@H](O)[C@H](O[C@@H]4OC(CO)[C@H](O)[C@H](O)C4O)C3NC(C)=O)C2O)[C@H](O)C1O)NC(=O)CCCCCCCCCCCCCCCCCCC. The average molecular weight is 1280 g/mol. The lowest BCUT2D eigenvalue weighted by molar-refractivity contribution is -0.381. The van der Waals surface area contributed by atoms with Crippen LogP contribution in [0, 0.1) is 0 Å². The number of nitrogens with one attached hydrogen (secondary N) is 2. The van der Waals surface area contributed by atoms with Crippen LogP contribution in [0.2, 0.25) is 0 Å². The summed E-state index contributed by atoms with van der Waals surface area (Å²) in [6.07, 6.45) is 2.39. The number of allylic oxidation sites excluding steroid dienone is 1. The number of rotatable bonds is 47. The molecule has 25 heteroatoms. The molecule has 4 aliphatic rings. The van der Waals surface area contributed by atoms with Crippen molar-refractivity contribution in [1.82, 2.24) is 10.6 Å². The highest BCUT2D eigenvalue weighted by Crippen LogP contribution is 2.35. The van der Waals surface area contributed by atoms with Crippen LogP contribution in [0.4, 0.5) is 0 Å². The molecule has 522 valence electrons. The molecule has 0 aromatic carbocycles. The van der Waals surface area contributed by atoms with E-state index in [1.54, 1.807) is 6.08 Å². The Morgan fingerprint density at radius 3 is 1.31 bits per heavy atom. The third-order valence-electron chi connectivity index (χ3n) is 17.6. The number of carbonyl (C=O) groups excluding carboxylic acids is 2. The van der Waals surface area contributed by atoms with Gasteiger partial charge in [0, 0.05) is 13.3 Å². The zero-order chi connectivity index (χ0) is 65.1. The minimum atomic E-state index is -2.10. The fraction of sp³-hybridized carbons (Fsp3) is 0.938. The molecular weight excluding hydrogens is 1160 g/mol. The molecule has 4 saturated heterocycles. The molecule has 0 aromatic heterocycles. The van der Waals surface area contributed by atoms with Crippen molar-refractivity contribution in [3.05, 3.63) is 12.2 Å². The van der Waals surface area contributed by atoms with Crippen LogP contribution in [0.1, 0.15) is 213 Å². The summed E-state index contributed by atoms with van der Waals surface area (Å²) in [7, 11) is 0. The lowest BCUT2D eigenvalue weighted by atomic mass is 9.94. The van der Waals surface area contributed by atoms with Gasteiger partial charge in [-0.1, -0.05) is 193 Å². The predicted octanol–water partition coefficient (Wildman–Crippen LogP) is 2.56. The van der Waals surface area contributed by atoms with Gasteiger partial charge >= 0.3 is 0 Å². The highest BCUT2D eigenvalue weighted by molar-refractivity contribution is 5.76. The molecule has 4 aliphatic heterocycles. The minimum absolute atomic E-state index is 0.211. The quantitative estimate of drug-likeness (QED) is 0.0307. The van der Waals surface area contributed by atoms with Crippen LogP contribution in [-0.2, 0) is 47.5 Å². The molecule has 2 amide bonds. The molecule has 0 saturated carbocycles. The van der Waals surface area contributed by atoms with Crippen molar-refractivity contribution in [3.8, 4) is 0 Å². The normalized spacial score (nSPS) is 33.3. The van der Waals surface area contributed by atoms with Gasteiger partial charge in [-0.25, -0.2) is 0 Å². The molecule has 8 unspecified atom stereocenters. The van der Waals surface area contributed by atoms with Gasteiger partial charge in [0.2, 0.25) is 11.8 Å². The first kappa shape index (κ1) is 79.3. The molecule has 15 N–H and O–H groups in total. The molecular formula is C64H118N2O23. The second-order valence-electron chi connectivity index (χ2n) is 25.0. The van der Waals surface area contributed by atoms with Crippen molar-refractivity contribution in [1.29, 1.82) is 0 Å². The number of hydrogen-bond acceptors (Lipinski definition) is 23. The van der Waals surface area contributed by atoms with Gasteiger partial charge < -0.3 is 115 Å². The maximum atomic E-state index is 13.4. The molecule has 4 fully saturated rings. The molecule has 0 aliphatic carbocycles. The number of aliphatic hydroxyl groups excluding tert-OH is 13. The van der Waals surface area contributed by atoms with Crippen LogP contribution in [-0.4, -0.2) is 246 Å². The highest BCUT2D eigenvalue weighted by Gasteiger charge is 2.56. The van der Waals surface area contributed by atoms with E-state index in [0.29, 0.717) is 12.8 Å². The number of unbranched alkanes of at least 4 members (excludes halogenated alkanes) is 27. The summed E-state index contributed by atoms with van der Waals surface area (Å²) < 4.78 is 46.8. The summed E-state index contributed by atoms with van der Waals surface area (Å²) >= 11 is 0. The Morgan fingerprint density at radius 1 is 0.438 bits per heavy atom. The van der Waals surface area contributed by atoms with E-state index in [-0.39, 0.29) is 12.3 Å². The third kappa shape index (κ3) is 27.2. The summed E-state index contributed by atoms with van der Waals surface area (Å²) in [5.41, 5.74) is 0. The van der Waals surface area contributed by atoms with Crippen molar-refractivity contribution in [2.75, 3.05) is 33.0 Å². The highest BCUT2D eigenvalue weighted by atomic mass is 16.8. The maximum Gasteiger partial charge on any atom is 0.220 e. The lowest BCUT2D eigenvalue weighted by Crippen LogP contribution is -2.70. The molecule has 22 atom stereocenters. The van der Waals surface area contributed by atoms with Gasteiger partial charge in [0.1, 0.15) is 97.6 Å². The fourth-order valence-electron chi connectivity index (χ4n) is 12.1. The first-order valence-electron chi connectivity index (χ1n) is 33.9. The van der Waals surface area contributed by atoms with E-state index in [4.69, 9.17) is 37.9 Å². The smallest absolute Gasteiger partial charge is 0.220 e. The van der Waals surface area contributed by atoms with Crippen molar-refractivity contribution < 1.29 is 114 Å². The fourth-order valence-corrected chi connectivity index (χ4v) is 12.1.